The molecule has 0 aliphatic carbocycles. The lowest BCUT2D eigenvalue weighted by Crippen LogP contribution is -2.37. The topological polar surface area (TPSA) is 59.0 Å². The van der Waals surface area contributed by atoms with Crippen LogP contribution in [0.15, 0.2) is 18.5 Å². The Bertz CT molecular complexity index is 245. The van der Waals surface area contributed by atoms with Crippen molar-refractivity contribution in [3.05, 3.63) is 18.5 Å². The Morgan fingerprint density at radius 2 is 2.38 bits per heavy atom. The van der Waals surface area contributed by atoms with E-state index in [1.165, 1.54) is 0 Å². The Hall–Kier alpha value is -1.52. The zero-order valence-electron chi connectivity index (χ0n) is 7.66. The molecule has 1 aromatic rings. The molecular weight excluding hydrogens is 168 g/mol. The van der Waals surface area contributed by atoms with Crippen LogP contribution >= 0.6 is 0 Å². The highest BCUT2D eigenvalue weighted by atomic mass is 16.2. The van der Waals surface area contributed by atoms with E-state index in [1.54, 1.807) is 10.9 Å². The first-order chi connectivity index (χ1) is 6.33. The number of hydrogen-bond donors (Lipinski definition) is 2. The molecule has 72 valence electrons. The number of hydrogen-bond acceptors (Lipinski definition) is 2. The third-order valence-corrected chi connectivity index (χ3v) is 1.52. The van der Waals surface area contributed by atoms with Gasteiger partial charge in [0.1, 0.15) is 0 Å². The van der Waals surface area contributed by atoms with Gasteiger partial charge in [-0.3, -0.25) is 4.68 Å². The van der Waals surface area contributed by atoms with Crippen molar-refractivity contribution in [2.24, 2.45) is 0 Å². The second-order valence-electron chi connectivity index (χ2n) is 2.56. The molecule has 0 saturated carbocycles. The van der Waals surface area contributed by atoms with Crippen molar-refractivity contribution in [2.75, 3.05) is 13.1 Å². The number of aromatic nitrogens is 2. The molecule has 0 saturated heterocycles. The van der Waals surface area contributed by atoms with Crippen LogP contribution in [-0.2, 0) is 6.54 Å². The molecule has 1 rings (SSSR count). The van der Waals surface area contributed by atoms with Crippen LogP contribution in [0.2, 0.25) is 0 Å². The van der Waals surface area contributed by atoms with E-state index in [0.29, 0.717) is 19.6 Å². The summed E-state index contributed by atoms with van der Waals surface area (Å²) in [6.07, 6.45) is 3.57. The van der Waals surface area contributed by atoms with Gasteiger partial charge in [-0.05, 0) is 13.0 Å². The maximum absolute atomic E-state index is 10.9. The molecule has 0 aromatic carbocycles. The van der Waals surface area contributed by atoms with Gasteiger partial charge in [-0.25, -0.2) is 4.79 Å². The van der Waals surface area contributed by atoms with Gasteiger partial charge in [-0.2, -0.15) is 5.10 Å². The molecule has 1 aromatic heterocycles. The third kappa shape index (κ3) is 3.59. The lowest BCUT2D eigenvalue weighted by Gasteiger charge is -2.05. The fraction of sp³-hybridized carbons (Fsp3) is 0.500. The standard InChI is InChI=1S/C8H14N4O/c1-2-9-8(13)10-5-7-12-6-3-4-11-12/h3-4,6H,2,5,7H2,1H3,(H2,9,10,13). The van der Waals surface area contributed by atoms with Crippen LogP contribution in [0.5, 0.6) is 0 Å². The van der Waals surface area contributed by atoms with Crippen molar-refractivity contribution in [2.45, 2.75) is 13.5 Å². The summed E-state index contributed by atoms with van der Waals surface area (Å²) in [5.74, 6) is 0. The summed E-state index contributed by atoms with van der Waals surface area (Å²) in [7, 11) is 0. The number of nitrogens with zero attached hydrogens (tertiary/aromatic N) is 2. The van der Waals surface area contributed by atoms with Crippen LogP contribution in [-0.4, -0.2) is 28.9 Å². The van der Waals surface area contributed by atoms with Gasteiger partial charge in [0.05, 0.1) is 6.54 Å². The van der Waals surface area contributed by atoms with Crippen molar-refractivity contribution < 1.29 is 4.79 Å². The molecule has 2 N–H and O–H groups in total. The zero-order chi connectivity index (χ0) is 9.52. The summed E-state index contributed by atoms with van der Waals surface area (Å²) in [5, 5.41) is 9.36. The summed E-state index contributed by atoms with van der Waals surface area (Å²) < 4.78 is 1.77. The monoisotopic (exact) mass is 182 g/mol. The van der Waals surface area contributed by atoms with E-state index in [2.05, 4.69) is 15.7 Å². The van der Waals surface area contributed by atoms with Crippen molar-refractivity contribution >= 4 is 6.03 Å². The molecule has 0 atom stereocenters. The SMILES string of the molecule is CCNC(=O)NCCn1cccn1. The molecule has 0 aliphatic heterocycles. The molecule has 2 amide bonds. The molecule has 13 heavy (non-hydrogen) atoms. The van der Waals surface area contributed by atoms with Gasteiger partial charge in [0, 0.05) is 25.5 Å². The molecule has 5 heteroatoms. The van der Waals surface area contributed by atoms with E-state index in [4.69, 9.17) is 0 Å². The number of urea groups is 1. The smallest absolute Gasteiger partial charge is 0.314 e. The van der Waals surface area contributed by atoms with Crippen LogP contribution in [0.3, 0.4) is 0 Å². The maximum Gasteiger partial charge on any atom is 0.314 e. The van der Waals surface area contributed by atoms with E-state index in [-0.39, 0.29) is 6.03 Å². The Kier molecular flexibility index (Phi) is 3.81. The first-order valence-electron chi connectivity index (χ1n) is 4.32. The summed E-state index contributed by atoms with van der Waals surface area (Å²) in [6, 6.07) is 1.72. The molecule has 0 spiro atoms. The lowest BCUT2D eigenvalue weighted by molar-refractivity contribution is 0.241. The first-order valence-corrected chi connectivity index (χ1v) is 4.32. The van der Waals surface area contributed by atoms with Crippen LogP contribution in [0.4, 0.5) is 4.79 Å². The van der Waals surface area contributed by atoms with Crippen molar-refractivity contribution in [1.29, 1.82) is 0 Å². The summed E-state index contributed by atoms with van der Waals surface area (Å²) >= 11 is 0. The van der Waals surface area contributed by atoms with Gasteiger partial charge in [-0.1, -0.05) is 0 Å². The van der Waals surface area contributed by atoms with E-state index in [0.717, 1.165) is 0 Å². The minimum atomic E-state index is -0.130. The molecule has 0 aliphatic rings. The van der Waals surface area contributed by atoms with Gasteiger partial charge >= 0.3 is 6.03 Å². The van der Waals surface area contributed by atoms with E-state index in [1.807, 2.05) is 19.2 Å². The number of amides is 2. The molecule has 1 heterocycles. The van der Waals surface area contributed by atoms with Gasteiger partial charge < -0.3 is 10.6 Å². The Labute approximate surface area is 77.1 Å². The molecule has 0 radical (unpaired) electrons. The van der Waals surface area contributed by atoms with Gasteiger partial charge in [0.25, 0.3) is 0 Å². The highest BCUT2D eigenvalue weighted by Crippen LogP contribution is 1.82. The number of carbonyl (C=O) groups is 1. The van der Waals surface area contributed by atoms with Crippen molar-refractivity contribution in [3.8, 4) is 0 Å². The number of carbonyl (C=O) groups excluding carboxylic acids is 1. The highest BCUT2D eigenvalue weighted by molar-refractivity contribution is 5.73. The van der Waals surface area contributed by atoms with Gasteiger partial charge in [0.15, 0.2) is 0 Å². The Balaban J connectivity index is 2.11. The van der Waals surface area contributed by atoms with Gasteiger partial charge in [0.2, 0.25) is 0 Å². The van der Waals surface area contributed by atoms with Crippen LogP contribution in [0.1, 0.15) is 6.92 Å². The summed E-state index contributed by atoms with van der Waals surface area (Å²) in [5.41, 5.74) is 0. The van der Waals surface area contributed by atoms with Crippen LogP contribution < -0.4 is 10.6 Å². The number of nitrogens with one attached hydrogen (secondary N) is 2. The van der Waals surface area contributed by atoms with Crippen LogP contribution in [0.25, 0.3) is 0 Å². The fourth-order valence-corrected chi connectivity index (χ4v) is 0.940. The lowest BCUT2D eigenvalue weighted by atomic mass is 10.6. The molecular formula is C8H14N4O. The Morgan fingerprint density at radius 3 is 3.00 bits per heavy atom. The second kappa shape index (κ2) is 5.18. The number of rotatable bonds is 4. The first kappa shape index (κ1) is 9.57. The van der Waals surface area contributed by atoms with E-state index < -0.39 is 0 Å². The van der Waals surface area contributed by atoms with Gasteiger partial charge in [-0.15, -0.1) is 0 Å². The minimum Gasteiger partial charge on any atom is -0.338 e. The minimum absolute atomic E-state index is 0.130. The predicted octanol–water partition coefficient (Wildman–Crippen LogP) is 0.202. The average Bonchev–Trinajstić information content (AvgIpc) is 2.57. The van der Waals surface area contributed by atoms with Crippen molar-refractivity contribution in [3.63, 3.8) is 0 Å². The molecule has 0 fully saturated rings. The summed E-state index contributed by atoms with van der Waals surface area (Å²) in [4.78, 5) is 10.9. The molecule has 0 unspecified atom stereocenters. The average molecular weight is 182 g/mol. The third-order valence-electron chi connectivity index (χ3n) is 1.52. The van der Waals surface area contributed by atoms with E-state index in [9.17, 15) is 4.79 Å². The second-order valence-corrected chi connectivity index (χ2v) is 2.56. The zero-order valence-corrected chi connectivity index (χ0v) is 7.66. The maximum atomic E-state index is 10.9. The summed E-state index contributed by atoms with van der Waals surface area (Å²) in [6.45, 7) is 3.82. The Morgan fingerprint density at radius 1 is 1.54 bits per heavy atom. The normalized spacial score (nSPS) is 9.62. The largest absolute Gasteiger partial charge is 0.338 e. The fourth-order valence-electron chi connectivity index (χ4n) is 0.940. The quantitative estimate of drug-likeness (QED) is 0.699. The van der Waals surface area contributed by atoms with E-state index >= 15 is 0 Å². The highest BCUT2D eigenvalue weighted by Gasteiger charge is 1.95. The molecule has 5 nitrogen and oxygen atoms in total. The van der Waals surface area contributed by atoms with Crippen molar-refractivity contribution in [1.82, 2.24) is 20.4 Å². The predicted molar refractivity (Wildman–Crippen MR) is 49.3 cm³/mol. The van der Waals surface area contributed by atoms with Crippen LogP contribution in [0, 0.1) is 0 Å². The molecule has 0 bridgehead atoms.